The molecule has 1 saturated carbocycles. The zero-order valence-electron chi connectivity index (χ0n) is 21.6. The number of halogens is 2. The van der Waals surface area contributed by atoms with E-state index in [1.165, 1.54) is 16.8 Å². The van der Waals surface area contributed by atoms with Crippen LogP contribution in [-0.2, 0) is 19.6 Å². The summed E-state index contributed by atoms with van der Waals surface area (Å²) in [5, 5.41) is 19.1. The largest absolute Gasteiger partial charge is 0.482 e. The van der Waals surface area contributed by atoms with Gasteiger partial charge in [-0.15, -0.1) is 10.2 Å². The first-order chi connectivity index (χ1) is 19.2. The molecule has 0 atom stereocenters. The molecule has 0 unspecified atom stereocenters. The number of carbonyl (C=O) groups is 1. The van der Waals surface area contributed by atoms with E-state index in [2.05, 4.69) is 10.2 Å². The maximum absolute atomic E-state index is 14.2. The molecule has 0 bridgehead atoms. The Balaban J connectivity index is 1.56. The number of benzene rings is 2. The summed E-state index contributed by atoms with van der Waals surface area (Å²) in [5.41, 5.74) is 6.23. The molecule has 2 aromatic heterocycles. The van der Waals surface area contributed by atoms with Gasteiger partial charge >= 0.3 is 5.97 Å². The van der Waals surface area contributed by atoms with E-state index in [0.29, 0.717) is 5.01 Å². The molecule has 2 aromatic carbocycles. The second-order valence-corrected chi connectivity index (χ2v) is 11.2. The maximum Gasteiger partial charge on any atom is 0.356 e. The van der Waals surface area contributed by atoms with Crippen LogP contribution in [0.1, 0.15) is 58.7 Å². The standard InChI is InChI=1S/C29H28F2N4O4S/c30-20-10-9-19(22(31)14-20)13-23-33-34-27(40-23)21-15-35(17-29(32)11-5-2-6-12-29)24(28(37)38)26(25(21)36)39-16-18-7-3-1-4-8-18/h1,3-4,7-10,14-15H,2,5-6,11-13,16-17,32H2,(H,37,38). The van der Waals surface area contributed by atoms with Crippen LogP contribution < -0.4 is 15.9 Å². The minimum atomic E-state index is -1.31. The van der Waals surface area contributed by atoms with Crippen molar-refractivity contribution in [2.24, 2.45) is 5.73 Å². The lowest BCUT2D eigenvalue weighted by Crippen LogP contribution is -2.46. The highest BCUT2D eigenvalue weighted by Gasteiger charge is 2.32. The van der Waals surface area contributed by atoms with E-state index in [4.69, 9.17) is 10.5 Å². The third-order valence-electron chi connectivity index (χ3n) is 7.06. The summed E-state index contributed by atoms with van der Waals surface area (Å²) in [7, 11) is 0. The van der Waals surface area contributed by atoms with Gasteiger partial charge in [0.2, 0.25) is 5.43 Å². The molecule has 0 spiro atoms. The van der Waals surface area contributed by atoms with Crippen LogP contribution in [0.2, 0.25) is 0 Å². The number of carboxylic acid groups (broad SMARTS) is 1. The Bertz CT molecular complexity index is 1580. The molecule has 0 amide bonds. The van der Waals surface area contributed by atoms with Crippen molar-refractivity contribution < 1.29 is 23.4 Å². The van der Waals surface area contributed by atoms with Crippen molar-refractivity contribution >= 4 is 17.3 Å². The van der Waals surface area contributed by atoms with Gasteiger partial charge in [-0.25, -0.2) is 13.6 Å². The molecule has 1 aliphatic rings. The predicted molar refractivity (Wildman–Crippen MR) is 147 cm³/mol. The highest BCUT2D eigenvalue weighted by atomic mass is 32.1. The monoisotopic (exact) mass is 566 g/mol. The Morgan fingerprint density at radius 2 is 1.85 bits per heavy atom. The number of ether oxygens (including phenoxy) is 1. The molecule has 40 heavy (non-hydrogen) atoms. The van der Waals surface area contributed by atoms with Crippen LogP contribution in [0, 0.1) is 11.6 Å². The van der Waals surface area contributed by atoms with Gasteiger partial charge in [-0.1, -0.05) is 67.0 Å². The van der Waals surface area contributed by atoms with Crippen LogP contribution in [0.4, 0.5) is 8.78 Å². The third-order valence-corrected chi connectivity index (χ3v) is 8.01. The van der Waals surface area contributed by atoms with Gasteiger partial charge in [0.05, 0.1) is 5.56 Å². The molecule has 5 rings (SSSR count). The van der Waals surface area contributed by atoms with Crippen LogP contribution >= 0.6 is 11.3 Å². The summed E-state index contributed by atoms with van der Waals surface area (Å²) in [4.78, 5) is 26.2. The number of nitrogens with zero attached hydrogens (tertiary/aromatic N) is 3. The predicted octanol–water partition coefficient (Wildman–Crippen LogP) is 5.17. The quantitative estimate of drug-likeness (QED) is 0.287. The van der Waals surface area contributed by atoms with Crippen LogP contribution in [-0.4, -0.2) is 31.4 Å². The minimum absolute atomic E-state index is 0.0151. The lowest BCUT2D eigenvalue weighted by atomic mass is 9.82. The molecule has 208 valence electrons. The van der Waals surface area contributed by atoms with E-state index < -0.39 is 28.6 Å². The van der Waals surface area contributed by atoms with Crippen molar-refractivity contribution in [3.63, 3.8) is 0 Å². The summed E-state index contributed by atoms with van der Waals surface area (Å²) in [6.45, 7) is 0.162. The van der Waals surface area contributed by atoms with Crippen molar-refractivity contribution in [1.82, 2.24) is 14.8 Å². The lowest BCUT2D eigenvalue weighted by molar-refractivity contribution is 0.0674. The molecule has 0 saturated heterocycles. The first kappa shape index (κ1) is 27.6. The van der Waals surface area contributed by atoms with Crippen molar-refractivity contribution in [2.45, 2.75) is 57.2 Å². The first-order valence-electron chi connectivity index (χ1n) is 13.0. The van der Waals surface area contributed by atoms with E-state index in [-0.39, 0.29) is 47.2 Å². The second-order valence-electron chi connectivity index (χ2n) is 10.1. The number of rotatable bonds is 9. The summed E-state index contributed by atoms with van der Waals surface area (Å²) in [6.07, 6.45) is 5.88. The zero-order chi connectivity index (χ0) is 28.3. The van der Waals surface area contributed by atoms with Gasteiger partial charge in [0, 0.05) is 30.8 Å². The molecular weight excluding hydrogens is 538 g/mol. The van der Waals surface area contributed by atoms with Gasteiger partial charge in [-0.05, 0) is 30.0 Å². The topological polar surface area (TPSA) is 120 Å². The Morgan fingerprint density at radius 1 is 1.10 bits per heavy atom. The SMILES string of the molecule is NC1(Cn2cc(-c3nnc(Cc4ccc(F)cc4F)s3)c(=O)c(OCc3ccccc3)c2C(=O)O)CCCCC1. The highest BCUT2D eigenvalue weighted by molar-refractivity contribution is 7.14. The summed E-state index contributed by atoms with van der Waals surface area (Å²) < 4.78 is 34.9. The Kier molecular flexibility index (Phi) is 8.04. The van der Waals surface area contributed by atoms with E-state index in [0.717, 1.165) is 61.1 Å². The highest BCUT2D eigenvalue weighted by Crippen LogP contribution is 2.31. The molecule has 0 radical (unpaired) electrons. The first-order valence-corrected chi connectivity index (χ1v) is 13.8. The molecule has 1 fully saturated rings. The average molecular weight is 567 g/mol. The Morgan fingerprint density at radius 3 is 2.55 bits per heavy atom. The summed E-state index contributed by atoms with van der Waals surface area (Å²) in [6, 6.07) is 12.4. The minimum Gasteiger partial charge on any atom is -0.482 e. The smallest absolute Gasteiger partial charge is 0.356 e. The third kappa shape index (κ3) is 6.10. The number of pyridine rings is 1. The molecule has 8 nitrogen and oxygen atoms in total. The van der Waals surface area contributed by atoms with Crippen LogP contribution in [0.15, 0.2) is 59.5 Å². The van der Waals surface area contributed by atoms with E-state index in [1.54, 1.807) is 0 Å². The van der Waals surface area contributed by atoms with Crippen molar-refractivity contribution in [1.29, 1.82) is 0 Å². The van der Waals surface area contributed by atoms with Gasteiger partial charge in [-0.2, -0.15) is 0 Å². The fourth-order valence-electron chi connectivity index (χ4n) is 5.02. The molecule has 4 aromatic rings. The number of hydrogen-bond acceptors (Lipinski definition) is 7. The normalized spacial score (nSPS) is 14.7. The second kappa shape index (κ2) is 11.6. The van der Waals surface area contributed by atoms with Gasteiger partial charge < -0.3 is 20.1 Å². The van der Waals surface area contributed by atoms with Gasteiger partial charge in [0.1, 0.15) is 23.2 Å². The Hall–Kier alpha value is -3.96. The lowest BCUT2D eigenvalue weighted by Gasteiger charge is -2.35. The fraction of sp³-hybridized carbons (Fsp3) is 0.310. The van der Waals surface area contributed by atoms with Crippen molar-refractivity contribution in [3.8, 4) is 16.3 Å². The fourth-order valence-corrected chi connectivity index (χ4v) is 5.88. The average Bonchev–Trinajstić information content (AvgIpc) is 3.39. The molecule has 0 aliphatic heterocycles. The summed E-state index contributed by atoms with van der Waals surface area (Å²) >= 11 is 1.07. The van der Waals surface area contributed by atoms with Crippen LogP contribution in [0.5, 0.6) is 5.75 Å². The van der Waals surface area contributed by atoms with E-state index in [1.807, 2.05) is 30.3 Å². The molecule has 1 aliphatic carbocycles. The van der Waals surface area contributed by atoms with Gasteiger partial charge in [-0.3, -0.25) is 4.79 Å². The summed E-state index contributed by atoms with van der Waals surface area (Å²) in [5.74, 6) is -3.01. The number of hydrogen-bond donors (Lipinski definition) is 2. The van der Waals surface area contributed by atoms with Crippen molar-refractivity contribution in [2.75, 3.05) is 0 Å². The number of aromatic nitrogens is 3. The van der Waals surface area contributed by atoms with Gasteiger partial charge in [0.25, 0.3) is 0 Å². The molecule has 11 heteroatoms. The molecular formula is C29H28F2N4O4S. The van der Waals surface area contributed by atoms with E-state index >= 15 is 0 Å². The Labute approximate surface area is 233 Å². The van der Waals surface area contributed by atoms with Crippen LogP contribution in [0.25, 0.3) is 10.6 Å². The van der Waals surface area contributed by atoms with Crippen molar-refractivity contribution in [3.05, 3.63) is 98.4 Å². The number of aromatic carboxylic acids is 1. The number of nitrogens with two attached hydrogens (primary N) is 1. The maximum atomic E-state index is 14.2. The van der Waals surface area contributed by atoms with Gasteiger partial charge in [0.15, 0.2) is 16.5 Å². The molecule has 3 N–H and O–H groups in total. The van der Waals surface area contributed by atoms with E-state index in [9.17, 15) is 23.5 Å². The number of carboxylic acids is 1. The molecule has 2 heterocycles. The zero-order valence-corrected chi connectivity index (χ0v) is 22.4. The van der Waals surface area contributed by atoms with Crippen LogP contribution in [0.3, 0.4) is 0 Å².